The van der Waals surface area contributed by atoms with E-state index in [-0.39, 0.29) is 17.8 Å². The van der Waals surface area contributed by atoms with Crippen LogP contribution in [0.25, 0.3) is 0 Å². The average Bonchev–Trinajstić information content (AvgIpc) is 2.29. The Balaban J connectivity index is 3.65. The number of carbonyl (C=O) groups excluding carboxylic acids is 1. The molecule has 0 aromatic rings. The molecule has 0 rings (SSSR count). The first-order chi connectivity index (χ1) is 8.37. The highest BCUT2D eigenvalue weighted by molar-refractivity contribution is 5.69. The molecule has 0 aliphatic rings. The predicted molar refractivity (Wildman–Crippen MR) is 70.4 cm³/mol. The number of hydrogen-bond donors (Lipinski definition) is 1. The maximum atomic E-state index is 11.4. The molecule has 0 atom stereocenters. The summed E-state index contributed by atoms with van der Waals surface area (Å²) in [5.74, 6) is -1.03. The van der Waals surface area contributed by atoms with Crippen molar-refractivity contribution in [2.45, 2.75) is 65.7 Å². The van der Waals surface area contributed by atoms with Crippen molar-refractivity contribution in [3.05, 3.63) is 0 Å². The number of carboxylic acids is 1. The van der Waals surface area contributed by atoms with E-state index in [0.29, 0.717) is 25.9 Å². The van der Waals surface area contributed by atoms with Crippen molar-refractivity contribution in [2.24, 2.45) is 5.41 Å². The summed E-state index contributed by atoms with van der Waals surface area (Å²) in [6.07, 6.45) is 4.89. The van der Waals surface area contributed by atoms with E-state index in [4.69, 9.17) is 9.84 Å². The molecule has 0 aromatic heterocycles. The zero-order valence-corrected chi connectivity index (χ0v) is 11.8. The molecule has 106 valence electrons. The number of esters is 1. The highest BCUT2D eigenvalue weighted by atomic mass is 16.5. The van der Waals surface area contributed by atoms with Gasteiger partial charge in [-0.05, 0) is 24.7 Å². The van der Waals surface area contributed by atoms with Gasteiger partial charge in [-0.1, -0.05) is 33.6 Å². The lowest BCUT2D eigenvalue weighted by atomic mass is 9.88. The third kappa shape index (κ3) is 10.1. The second-order valence-electron chi connectivity index (χ2n) is 5.53. The maximum absolute atomic E-state index is 11.4. The normalized spacial score (nSPS) is 11.3. The second-order valence-corrected chi connectivity index (χ2v) is 5.53. The van der Waals surface area contributed by atoms with Gasteiger partial charge in [0.1, 0.15) is 0 Å². The molecule has 0 saturated carbocycles. The molecule has 0 unspecified atom stereocenters. The van der Waals surface area contributed by atoms with E-state index in [9.17, 15) is 9.59 Å². The zero-order valence-electron chi connectivity index (χ0n) is 11.8. The van der Waals surface area contributed by atoms with Crippen LogP contribution in [0, 0.1) is 5.41 Å². The van der Waals surface area contributed by atoms with Gasteiger partial charge in [0.15, 0.2) is 0 Å². The lowest BCUT2D eigenvalue weighted by Gasteiger charge is -2.23. The van der Waals surface area contributed by atoms with Crippen molar-refractivity contribution in [3.8, 4) is 0 Å². The number of unbranched alkanes of at least 4 members (excludes halogenated alkanes) is 2. The summed E-state index contributed by atoms with van der Waals surface area (Å²) < 4.78 is 5.22. The molecular formula is C14H26O4. The second kappa shape index (κ2) is 8.95. The molecule has 0 aliphatic heterocycles. The Morgan fingerprint density at radius 3 is 2.28 bits per heavy atom. The minimum Gasteiger partial charge on any atom is -0.481 e. The van der Waals surface area contributed by atoms with Crippen LogP contribution in [-0.4, -0.2) is 23.7 Å². The van der Waals surface area contributed by atoms with Crippen LogP contribution in [0.4, 0.5) is 0 Å². The Kier molecular flexibility index (Phi) is 8.42. The van der Waals surface area contributed by atoms with Gasteiger partial charge < -0.3 is 9.84 Å². The molecular weight excluding hydrogens is 232 g/mol. The van der Waals surface area contributed by atoms with Gasteiger partial charge in [0, 0.05) is 12.8 Å². The summed E-state index contributed by atoms with van der Waals surface area (Å²) in [6, 6.07) is 0. The molecule has 0 saturated heterocycles. The van der Waals surface area contributed by atoms with E-state index in [1.807, 2.05) is 0 Å². The first kappa shape index (κ1) is 16.9. The van der Waals surface area contributed by atoms with E-state index in [1.165, 1.54) is 0 Å². The molecule has 0 aromatic carbocycles. The van der Waals surface area contributed by atoms with Crippen molar-refractivity contribution in [1.29, 1.82) is 0 Å². The summed E-state index contributed by atoms with van der Waals surface area (Å²) >= 11 is 0. The average molecular weight is 258 g/mol. The predicted octanol–water partition coefficient (Wildman–Crippen LogP) is 3.39. The Morgan fingerprint density at radius 1 is 1.11 bits per heavy atom. The van der Waals surface area contributed by atoms with Crippen LogP contribution in [0.5, 0.6) is 0 Å². The van der Waals surface area contributed by atoms with Gasteiger partial charge in [-0.15, -0.1) is 0 Å². The molecule has 4 nitrogen and oxygen atoms in total. The van der Waals surface area contributed by atoms with Gasteiger partial charge in [-0.2, -0.15) is 0 Å². The number of carbonyl (C=O) groups is 2. The molecule has 0 heterocycles. The van der Waals surface area contributed by atoms with Gasteiger partial charge in [0.2, 0.25) is 0 Å². The SMILES string of the molecule is CCCCC(C)(C)COC(=O)CCCCC(=O)O. The highest BCUT2D eigenvalue weighted by Crippen LogP contribution is 2.23. The quantitative estimate of drug-likeness (QED) is 0.482. The van der Waals surface area contributed by atoms with E-state index in [2.05, 4.69) is 20.8 Å². The monoisotopic (exact) mass is 258 g/mol. The van der Waals surface area contributed by atoms with E-state index in [1.54, 1.807) is 0 Å². The molecule has 0 bridgehead atoms. The lowest BCUT2D eigenvalue weighted by molar-refractivity contribution is -0.147. The lowest BCUT2D eigenvalue weighted by Crippen LogP contribution is -2.21. The van der Waals surface area contributed by atoms with Crippen LogP contribution < -0.4 is 0 Å². The summed E-state index contributed by atoms with van der Waals surface area (Å²) in [7, 11) is 0. The van der Waals surface area contributed by atoms with Gasteiger partial charge in [0.05, 0.1) is 6.61 Å². The molecule has 0 spiro atoms. The molecule has 1 N–H and O–H groups in total. The molecule has 0 fully saturated rings. The zero-order chi connectivity index (χ0) is 14.0. The topological polar surface area (TPSA) is 63.6 Å². The Bertz CT molecular complexity index is 259. The van der Waals surface area contributed by atoms with E-state index < -0.39 is 5.97 Å². The summed E-state index contributed by atoms with van der Waals surface area (Å²) in [6.45, 7) is 6.79. The van der Waals surface area contributed by atoms with Crippen LogP contribution in [0.3, 0.4) is 0 Å². The first-order valence-corrected chi connectivity index (χ1v) is 6.75. The number of carboxylic acid groups (broad SMARTS) is 1. The van der Waals surface area contributed by atoms with Crippen LogP contribution in [0.15, 0.2) is 0 Å². The smallest absolute Gasteiger partial charge is 0.305 e. The van der Waals surface area contributed by atoms with Crippen molar-refractivity contribution in [2.75, 3.05) is 6.61 Å². The van der Waals surface area contributed by atoms with Crippen molar-refractivity contribution in [3.63, 3.8) is 0 Å². The van der Waals surface area contributed by atoms with E-state index in [0.717, 1.165) is 19.3 Å². The third-order valence-electron chi connectivity index (χ3n) is 2.85. The van der Waals surface area contributed by atoms with Gasteiger partial charge in [0.25, 0.3) is 0 Å². The van der Waals surface area contributed by atoms with E-state index >= 15 is 0 Å². The molecule has 0 amide bonds. The first-order valence-electron chi connectivity index (χ1n) is 6.75. The van der Waals surface area contributed by atoms with Gasteiger partial charge in [-0.25, -0.2) is 0 Å². The van der Waals surface area contributed by atoms with Crippen molar-refractivity contribution < 1.29 is 19.4 Å². The molecule has 0 radical (unpaired) electrons. The van der Waals surface area contributed by atoms with Crippen LogP contribution in [0.1, 0.15) is 65.7 Å². The summed E-state index contributed by atoms with van der Waals surface area (Å²) in [5.41, 5.74) is 0.0345. The van der Waals surface area contributed by atoms with Crippen molar-refractivity contribution in [1.82, 2.24) is 0 Å². The van der Waals surface area contributed by atoms with Gasteiger partial charge >= 0.3 is 11.9 Å². The third-order valence-corrected chi connectivity index (χ3v) is 2.85. The Labute approximate surface area is 110 Å². The maximum Gasteiger partial charge on any atom is 0.305 e. The fourth-order valence-corrected chi connectivity index (χ4v) is 1.62. The standard InChI is InChI=1S/C14H26O4/c1-4-5-10-14(2,3)11-18-13(17)9-7-6-8-12(15)16/h4-11H2,1-3H3,(H,15,16). The number of rotatable bonds is 10. The number of hydrogen-bond acceptors (Lipinski definition) is 3. The number of aliphatic carboxylic acids is 1. The summed E-state index contributed by atoms with van der Waals surface area (Å²) in [4.78, 5) is 21.7. The highest BCUT2D eigenvalue weighted by Gasteiger charge is 2.19. The molecule has 18 heavy (non-hydrogen) atoms. The molecule has 4 heteroatoms. The van der Waals surface area contributed by atoms with Gasteiger partial charge in [-0.3, -0.25) is 9.59 Å². The minimum atomic E-state index is -0.816. The number of ether oxygens (including phenoxy) is 1. The fraction of sp³-hybridized carbons (Fsp3) is 0.857. The fourth-order valence-electron chi connectivity index (χ4n) is 1.62. The Hall–Kier alpha value is -1.06. The Morgan fingerprint density at radius 2 is 1.72 bits per heavy atom. The van der Waals surface area contributed by atoms with Crippen LogP contribution in [0.2, 0.25) is 0 Å². The molecule has 0 aliphatic carbocycles. The largest absolute Gasteiger partial charge is 0.481 e. The van der Waals surface area contributed by atoms with Crippen molar-refractivity contribution >= 4 is 11.9 Å². The minimum absolute atomic E-state index is 0.0345. The van der Waals surface area contributed by atoms with Crippen LogP contribution in [-0.2, 0) is 14.3 Å². The van der Waals surface area contributed by atoms with Crippen LogP contribution >= 0.6 is 0 Å². The summed E-state index contributed by atoms with van der Waals surface area (Å²) in [5, 5.41) is 8.45.